The van der Waals surface area contributed by atoms with Crippen molar-refractivity contribution in [2.45, 2.75) is 64.0 Å². The molecule has 0 radical (unpaired) electrons. The molecule has 1 aromatic rings. The zero-order valence-electron chi connectivity index (χ0n) is 12.2. The highest BCUT2D eigenvalue weighted by atomic mass is 19.3. The summed E-state index contributed by atoms with van der Waals surface area (Å²) in [5.74, 6) is -1.98. The predicted molar refractivity (Wildman–Crippen MR) is 75.9 cm³/mol. The fraction of sp³-hybridized carbons (Fsp3) is 0.647. The summed E-state index contributed by atoms with van der Waals surface area (Å²) >= 11 is 0. The van der Waals surface area contributed by atoms with Gasteiger partial charge in [0.1, 0.15) is 0 Å². The molecule has 0 heterocycles. The second-order valence-corrected chi connectivity index (χ2v) is 6.11. The van der Waals surface area contributed by atoms with Gasteiger partial charge in [-0.05, 0) is 48.6 Å². The van der Waals surface area contributed by atoms with Gasteiger partial charge in [0.15, 0.2) is 6.17 Å². The van der Waals surface area contributed by atoms with E-state index in [1.807, 2.05) is 12.1 Å². The van der Waals surface area contributed by atoms with Crippen LogP contribution in [0.1, 0.15) is 69.2 Å². The van der Waals surface area contributed by atoms with Crippen molar-refractivity contribution in [2.75, 3.05) is 0 Å². The summed E-state index contributed by atoms with van der Waals surface area (Å²) in [6.45, 7) is 2.85. The van der Waals surface area contributed by atoms with Crippen molar-refractivity contribution in [3.63, 3.8) is 0 Å². The summed E-state index contributed by atoms with van der Waals surface area (Å²) in [5.41, 5.74) is 1.23. The van der Waals surface area contributed by atoms with E-state index in [0.717, 1.165) is 24.3 Å². The molecule has 1 aliphatic rings. The molecule has 0 bridgehead atoms. The van der Waals surface area contributed by atoms with Gasteiger partial charge in [-0.1, -0.05) is 37.6 Å². The Balaban J connectivity index is 2.02. The van der Waals surface area contributed by atoms with E-state index >= 15 is 0 Å². The SMILES string of the molecule is CC[C@H]1CC[C@H](c2ccc(C(F)C(C)(F)F)cc2)CC1. The van der Waals surface area contributed by atoms with Crippen molar-refractivity contribution < 1.29 is 13.2 Å². The van der Waals surface area contributed by atoms with Crippen molar-refractivity contribution in [3.8, 4) is 0 Å². The number of benzene rings is 1. The Kier molecular flexibility index (Phi) is 4.77. The average Bonchev–Trinajstić information content (AvgIpc) is 2.46. The van der Waals surface area contributed by atoms with Gasteiger partial charge >= 0.3 is 0 Å². The Morgan fingerprint density at radius 3 is 2.10 bits per heavy atom. The molecule has 1 saturated carbocycles. The summed E-state index contributed by atoms with van der Waals surface area (Å²) in [5, 5.41) is 0. The van der Waals surface area contributed by atoms with E-state index in [0.29, 0.717) is 12.8 Å². The van der Waals surface area contributed by atoms with Crippen molar-refractivity contribution in [1.29, 1.82) is 0 Å². The largest absolute Gasteiger partial charge is 0.280 e. The first-order valence-electron chi connectivity index (χ1n) is 7.53. The van der Waals surface area contributed by atoms with Crippen LogP contribution in [-0.4, -0.2) is 5.92 Å². The molecular weight excluding hydrogens is 261 g/mol. The molecule has 1 unspecified atom stereocenters. The molecule has 1 aromatic carbocycles. The standard InChI is InChI=1S/C17H23F3/c1-3-12-4-6-13(7-5-12)14-8-10-15(11-9-14)16(18)17(2,19)20/h8-13,16H,3-7H2,1-2H3/t12-,13-,16?. The second kappa shape index (κ2) is 6.19. The molecule has 1 aliphatic carbocycles. The molecule has 112 valence electrons. The molecule has 0 nitrogen and oxygen atoms in total. The van der Waals surface area contributed by atoms with E-state index in [1.165, 1.54) is 31.4 Å². The quantitative estimate of drug-likeness (QED) is 0.632. The zero-order valence-corrected chi connectivity index (χ0v) is 12.2. The number of alkyl halides is 3. The maximum atomic E-state index is 13.6. The van der Waals surface area contributed by atoms with Gasteiger partial charge in [-0.2, -0.15) is 0 Å². The van der Waals surface area contributed by atoms with Crippen LogP contribution in [0.2, 0.25) is 0 Å². The van der Waals surface area contributed by atoms with Gasteiger partial charge in [-0.25, -0.2) is 13.2 Å². The number of halogens is 3. The van der Waals surface area contributed by atoms with E-state index in [1.54, 1.807) is 0 Å². The number of hydrogen-bond donors (Lipinski definition) is 0. The molecule has 0 aliphatic heterocycles. The van der Waals surface area contributed by atoms with Gasteiger partial charge in [0.2, 0.25) is 0 Å². The summed E-state index contributed by atoms with van der Waals surface area (Å²) in [6.07, 6.45) is 3.80. The van der Waals surface area contributed by atoms with Gasteiger partial charge in [0, 0.05) is 6.92 Å². The predicted octanol–water partition coefficient (Wildman–Crippen LogP) is 6.04. The van der Waals surface area contributed by atoms with E-state index < -0.39 is 12.1 Å². The Hall–Kier alpha value is -0.990. The third-order valence-corrected chi connectivity index (χ3v) is 4.57. The van der Waals surface area contributed by atoms with Crippen LogP contribution < -0.4 is 0 Å². The van der Waals surface area contributed by atoms with Crippen molar-refractivity contribution in [3.05, 3.63) is 35.4 Å². The lowest BCUT2D eigenvalue weighted by Gasteiger charge is -2.28. The lowest BCUT2D eigenvalue weighted by molar-refractivity contribution is -0.0566. The second-order valence-electron chi connectivity index (χ2n) is 6.11. The summed E-state index contributed by atoms with van der Waals surface area (Å²) in [6, 6.07) is 6.68. The van der Waals surface area contributed by atoms with Gasteiger partial charge in [0.25, 0.3) is 5.92 Å². The van der Waals surface area contributed by atoms with Crippen molar-refractivity contribution in [1.82, 2.24) is 0 Å². The Bertz CT molecular complexity index is 411. The molecule has 2 rings (SSSR count). The van der Waals surface area contributed by atoms with Crippen LogP contribution in [0.3, 0.4) is 0 Å². The highest BCUT2D eigenvalue weighted by molar-refractivity contribution is 5.28. The highest BCUT2D eigenvalue weighted by Crippen LogP contribution is 2.38. The van der Waals surface area contributed by atoms with Crippen molar-refractivity contribution in [2.24, 2.45) is 5.92 Å². The smallest absolute Gasteiger partial charge is 0.236 e. The Labute approximate surface area is 119 Å². The lowest BCUT2D eigenvalue weighted by atomic mass is 9.77. The first-order valence-corrected chi connectivity index (χ1v) is 7.53. The Morgan fingerprint density at radius 2 is 1.65 bits per heavy atom. The molecule has 1 atom stereocenters. The minimum absolute atomic E-state index is 0.0727. The van der Waals surface area contributed by atoms with Crippen LogP contribution in [0.5, 0.6) is 0 Å². The van der Waals surface area contributed by atoms with Crippen LogP contribution in [-0.2, 0) is 0 Å². The Morgan fingerprint density at radius 1 is 1.10 bits per heavy atom. The van der Waals surface area contributed by atoms with Gasteiger partial charge in [-0.15, -0.1) is 0 Å². The minimum atomic E-state index is -3.32. The molecular formula is C17H23F3. The average molecular weight is 284 g/mol. The van der Waals surface area contributed by atoms with Crippen LogP contribution in [0.25, 0.3) is 0 Å². The van der Waals surface area contributed by atoms with Crippen LogP contribution in [0.4, 0.5) is 13.2 Å². The van der Waals surface area contributed by atoms with E-state index in [4.69, 9.17) is 0 Å². The third-order valence-electron chi connectivity index (χ3n) is 4.57. The summed E-state index contributed by atoms with van der Waals surface area (Å²) in [4.78, 5) is 0. The monoisotopic (exact) mass is 284 g/mol. The molecule has 3 heteroatoms. The van der Waals surface area contributed by atoms with Crippen LogP contribution in [0, 0.1) is 5.92 Å². The fourth-order valence-electron chi connectivity index (χ4n) is 3.13. The van der Waals surface area contributed by atoms with Crippen LogP contribution in [0.15, 0.2) is 24.3 Å². The molecule has 0 spiro atoms. The van der Waals surface area contributed by atoms with Gasteiger partial charge < -0.3 is 0 Å². The topological polar surface area (TPSA) is 0 Å². The van der Waals surface area contributed by atoms with Gasteiger partial charge in [0.05, 0.1) is 0 Å². The third kappa shape index (κ3) is 3.56. The molecule has 0 saturated heterocycles. The number of rotatable bonds is 4. The molecule has 0 aromatic heterocycles. The van der Waals surface area contributed by atoms with E-state index in [-0.39, 0.29) is 5.56 Å². The number of hydrogen-bond acceptors (Lipinski definition) is 0. The van der Waals surface area contributed by atoms with Crippen LogP contribution >= 0.6 is 0 Å². The first-order chi connectivity index (χ1) is 9.41. The molecule has 0 N–H and O–H groups in total. The van der Waals surface area contributed by atoms with Gasteiger partial charge in [-0.3, -0.25) is 0 Å². The molecule has 0 amide bonds. The molecule has 1 fully saturated rings. The summed E-state index contributed by atoms with van der Waals surface area (Å²) < 4.78 is 39.5. The minimum Gasteiger partial charge on any atom is -0.236 e. The fourth-order valence-corrected chi connectivity index (χ4v) is 3.13. The zero-order chi connectivity index (χ0) is 14.8. The maximum absolute atomic E-state index is 13.6. The molecule has 20 heavy (non-hydrogen) atoms. The summed E-state index contributed by atoms with van der Waals surface area (Å²) in [7, 11) is 0. The lowest BCUT2D eigenvalue weighted by Crippen LogP contribution is -2.18. The van der Waals surface area contributed by atoms with E-state index in [2.05, 4.69) is 6.92 Å². The van der Waals surface area contributed by atoms with Crippen molar-refractivity contribution >= 4 is 0 Å². The first kappa shape index (κ1) is 15.4. The maximum Gasteiger partial charge on any atom is 0.280 e. The normalized spacial score (nSPS) is 25.4. The highest BCUT2D eigenvalue weighted by Gasteiger charge is 2.35. The van der Waals surface area contributed by atoms with E-state index in [9.17, 15) is 13.2 Å².